The topological polar surface area (TPSA) is 86.7 Å². The lowest BCUT2D eigenvalue weighted by Gasteiger charge is -2.39. The average Bonchev–Trinajstić information content (AvgIpc) is 2.67. The van der Waals surface area contributed by atoms with Gasteiger partial charge in [-0.05, 0) is 72.4 Å². The molecule has 0 heterocycles. The summed E-state index contributed by atoms with van der Waals surface area (Å²) in [5.41, 5.74) is -1.59. The van der Waals surface area contributed by atoms with Crippen molar-refractivity contribution in [3.8, 4) is 0 Å². The molecule has 0 N–H and O–H groups in total. The van der Waals surface area contributed by atoms with Crippen LogP contribution in [0.15, 0.2) is 29.2 Å². The second-order valence-corrected chi connectivity index (χ2v) is 10.7. The molecule has 2 atom stereocenters. The molecule has 1 aromatic rings. The standard InChI is InChI=1S/C23H34O6S/c1-16-12-14-20(15-13-16)30(26,27)29-18(3)23(6,17(2)24)21(25)28-22(4,5)19-10-8-7-9-11-19/h12-15,18-19H,7-11H2,1-6H3. The van der Waals surface area contributed by atoms with Gasteiger partial charge in [-0.2, -0.15) is 8.42 Å². The molecule has 0 amide bonds. The normalized spacial score (nSPS) is 19.0. The zero-order valence-corrected chi connectivity index (χ0v) is 19.7. The number of ketones is 1. The molecule has 168 valence electrons. The van der Waals surface area contributed by atoms with E-state index in [2.05, 4.69) is 0 Å². The van der Waals surface area contributed by atoms with Gasteiger partial charge in [-0.3, -0.25) is 13.8 Å². The first-order valence-electron chi connectivity index (χ1n) is 10.5. The van der Waals surface area contributed by atoms with Gasteiger partial charge in [0.1, 0.15) is 11.4 Å². The van der Waals surface area contributed by atoms with Crippen LogP contribution in [0, 0.1) is 18.3 Å². The Morgan fingerprint density at radius 2 is 1.57 bits per heavy atom. The van der Waals surface area contributed by atoms with Crippen LogP contribution in [0.25, 0.3) is 0 Å². The summed E-state index contributed by atoms with van der Waals surface area (Å²) in [6.07, 6.45) is 4.05. The van der Waals surface area contributed by atoms with Gasteiger partial charge in [-0.1, -0.05) is 37.0 Å². The number of hydrogen-bond acceptors (Lipinski definition) is 6. The molecule has 2 unspecified atom stereocenters. The molecule has 1 aliphatic rings. The molecular formula is C23H34O6S. The summed E-state index contributed by atoms with van der Waals surface area (Å²) < 4.78 is 36.5. The van der Waals surface area contributed by atoms with Gasteiger partial charge in [0.25, 0.3) is 10.1 Å². The molecule has 2 rings (SSSR count). The molecule has 1 fully saturated rings. The maximum Gasteiger partial charge on any atom is 0.322 e. The maximum absolute atomic E-state index is 13.2. The van der Waals surface area contributed by atoms with Gasteiger partial charge in [0.05, 0.1) is 11.0 Å². The molecule has 1 saturated carbocycles. The molecule has 0 bridgehead atoms. The molecule has 6 nitrogen and oxygen atoms in total. The lowest BCUT2D eigenvalue weighted by Crippen LogP contribution is -2.51. The number of hydrogen-bond donors (Lipinski definition) is 0. The van der Waals surface area contributed by atoms with Crippen LogP contribution < -0.4 is 0 Å². The summed E-state index contributed by atoms with van der Waals surface area (Å²) in [6.45, 7) is 9.63. The Morgan fingerprint density at radius 1 is 1.03 bits per heavy atom. The zero-order valence-electron chi connectivity index (χ0n) is 18.9. The van der Waals surface area contributed by atoms with Gasteiger partial charge < -0.3 is 4.74 Å². The lowest BCUT2D eigenvalue weighted by atomic mass is 9.77. The van der Waals surface area contributed by atoms with E-state index in [-0.39, 0.29) is 10.8 Å². The first-order chi connectivity index (χ1) is 13.8. The van der Waals surface area contributed by atoms with Gasteiger partial charge >= 0.3 is 5.97 Å². The lowest BCUT2D eigenvalue weighted by molar-refractivity contribution is -0.181. The Morgan fingerprint density at radius 3 is 2.07 bits per heavy atom. The van der Waals surface area contributed by atoms with E-state index >= 15 is 0 Å². The number of aryl methyl sites for hydroxylation is 1. The largest absolute Gasteiger partial charge is 0.459 e. The number of ether oxygens (including phenoxy) is 1. The molecule has 0 aromatic heterocycles. The van der Waals surface area contributed by atoms with E-state index < -0.39 is 39.0 Å². The van der Waals surface area contributed by atoms with Crippen molar-refractivity contribution >= 4 is 21.9 Å². The van der Waals surface area contributed by atoms with Crippen molar-refractivity contribution in [2.45, 2.75) is 90.2 Å². The van der Waals surface area contributed by atoms with Crippen molar-refractivity contribution in [3.63, 3.8) is 0 Å². The Balaban J connectivity index is 2.23. The van der Waals surface area contributed by atoms with Gasteiger partial charge in [-0.25, -0.2) is 0 Å². The van der Waals surface area contributed by atoms with Crippen molar-refractivity contribution in [2.75, 3.05) is 0 Å². The predicted octanol–water partition coefficient (Wildman–Crippen LogP) is 4.59. The number of esters is 1. The van der Waals surface area contributed by atoms with Gasteiger partial charge in [0.15, 0.2) is 5.41 Å². The summed E-state index contributed by atoms with van der Waals surface area (Å²) in [4.78, 5) is 25.6. The van der Waals surface area contributed by atoms with Crippen LogP contribution in [0.3, 0.4) is 0 Å². The van der Waals surface area contributed by atoms with Crippen LogP contribution in [0.5, 0.6) is 0 Å². The second-order valence-electron chi connectivity index (χ2n) is 9.09. The number of Topliss-reactive ketones (excluding diaryl/α,β-unsaturated/α-hetero) is 1. The minimum absolute atomic E-state index is 0.0262. The Labute approximate surface area is 180 Å². The van der Waals surface area contributed by atoms with E-state index in [1.165, 1.54) is 39.3 Å². The van der Waals surface area contributed by atoms with Gasteiger partial charge in [0.2, 0.25) is 0 Å². The smallest absolute Gasteiger partial charge is 0.322 e. The van der Waals surface area contributed by atoms with Crippen LogP contribution in [-0.4, -0.2) is 31.9 Å². The fourth-order valence-electron chi connectivity index (χ4n) is 3.87. The van der Waals surface area contributed by atoms with Crippen molar-refractivity contribution in [2.24, 2.45) is 11.3 Å². The van der Waals surface area contributed by atoms with E-state index in [1.807, 2.05) is 20.8 Å². The minimum atomic E-state index is -4.15. The molecular weight excluding hydrogens is 404 g/mol. The Bertz CT molecular complexity index is 865. The second kappa shape index (κ2) is 9.18. The first kappa shape index (κ1) is 24.5. The molecule has 0 radical (unpaired) electrons. The highest BCUT2D eigenvalue weighted by Gasteiger charge is 2.50. The van der Waals surface area contributed by atoms with E-state index in [4.69, 9.17) is 8.92 Å². The van der Waals surface area contributed by atoms with Crippen molar-refractivity contribution in [1.82, 2.24) is 0 Å². The molecule has 30 heavy (non-hydrogen) atoms. The highest BCUT2D eigenvalue weighted by atomic mass is 32.2. The third-order valence-electron chi connectivity index (χ3n) is 6.49. The van der Waals surface area contributed by atoms with Crippen LogP contribution >= 0.6 is 0 Å². The minimum Gasteiger partial charge on any atom is -0.459 e. The summed E-state index contributed by atoms with van der Waals surface area (Å²) in [5.74, 6) is -1.05. The van der Waals surface area contributed by atoms with Crippen LogP contribution in [0.2, 0.25) is 0 Å². The molecule has 1 aromatic carbocycles. The van der Waals surface area contributed by atoms with Crippen LogP contribution in [0.1, 0.15) is 72.3 Å². The number of rotatable bonds is 8. The van der Waals surface area contributed by atoms with E-state index in [9.17, 15) is 18.0 Å². The Hall–Kier alpha value is -1.73. The zero-order chi connectivity index (χ0) is 22.7. The fraction of sp³-hybridized carbons (Fsp3) is 0.652. The monoisotopic (exact) mass is 438 g/mol. The molecule has 0 spiro atoms. The Kier molecular flexibility index (Phi) is 7.51. The third-order valence-corrected chi connectivity index (χ3v) is 7.88. The first-order valence-corrected chi connectivity index (χ1v) is 12.0. The summed E-state index contributed by atoms with van der Waals surface area (Å²) in [6, 6.07) is 6.19. The highest BCUT2D eigenvalue weighted by molar-refractivity contribution is 7.86. The fourth-order valence-corrected chi connectivity index (χ4v) is 5.02. The maximum atomic E-state index is 13.2. The predicted molar refractivity (Wildman–Crippen MR) is 114 cm³/mol. The quantitative estimate of drug-likeness (QED) is 0.335. The summed E-state index contributed by atoms with van der Waals surface area (Å²) in [5, 5.41) is 0. The van der Waals surface area contributed by atoms with Crippen molar-refractivity contribution in [1.29, 1.82) is 0 Å². The van der Waals surface area contributed by atoms with Gasteiger partial charge in [0, 0.05) is 0 Å². The van der Waals surface area contributed by atoms with E-state index in [0.29, 0.717) is 0 Å². The van der Waals surface area contributed by atoms with E-state index in [1.54, 1.807) is 12.1 Å². The number of benzene rings is 1. The third kappa shape index (κ3) is 5.30. The number of carbonyl (C=O) groups excluding carboxylic acids is 2. The SMILES string of the molecule is CC(=O)C(C)(C(=O)OC(C)(C)C1CCCCC1)C(C)OS(=O)(=O)c1ccc(C)cc1. The van der Waals surface area contributed by atoms with Gasteiger partial charge in [-0.15, -0.1) is 0 Å². The molecule has 0 saturated heterocycles. The average molecular weight is 439 g/mol. The summed E-state index contributed by atoms with van der Waals surface area (Å²) in [7, 11) is -4.15. The van der Waals surface area contributed by atoms with Crippen LogP contribution in [-0.2, 0) is 28.6 Å². The van der Waals surface area contributed by atoms with Crippen molar-refractivity contribution in [3.05, 3.63) is 29.8 Å². The highest BCUT2D eigenvalue weighted by Crippen LogP contribution is 2.38. The molecule has 7 heteroatoms. The number of carbonyl (C=O) groups is 2. The van der Waals surface area contributed by atoms with Crippen LogP contribution in [0.4, 0.5) is 0 Å². The molecule has 1 aliphatic carbocycles. The van der Waals surface area contributed by atoms with E-state index in [0.717, 1.165) is 31.2 Å². The van der Waals surface area contributed by atoms with Crippen molar-refractivity contribution < 1.29 is 26.9 Å². The summed E-state index contributed by atoms with van der Waals surface area (Å²) >= 11 is 0. The molecule has 0 aliphatic heterocycles.